The maximum absolute atomic E-state index is 11.5. The van der Waals surface area contributed by atoms with Gasteiger partial charge in [-0.3, -0.25) is 4.79 Å². The van der Waals surface area contributed by atoms with Gasteiger partial charge in [0.2, 0.25) is 5.91 Å². The zero-order valence-corrected chi connectivity index (χ0v) is 11.1. The number of nitrogens with one attached hydrogen (secondary N) is 1. The Balaban J connectivity index is 1.77. The van der Waals surface area contributed by atoms with Gasteiger partial charge in [-0.05, 0) is 37.0 Å². The van der Waals surface area contributed by atoms with Crippen molar-refractivity contribution in [2.75, 3.05) is 24.5 Å². The number of nitrogens with zero attached hydrogens (tertiary/aromatic N) is 1. The summed E-state index contributed by atoms with van der Waals surface area (Å²) in [5.74, 6) is 0.453. The molecule has 0 bridgehead atoms. The van der Waals surface area contributed by atoms with Crippen LogP contribution in [0.15, 0.2) is 24.3 Å². The Labute approximate surface area is 114 Å². The van der Waals surface area contributed by atoms with E-state index in [-0.39, 0.29) is 11.9 Å². The summed E-state index contributed by atoms with van der Waals surface area (Å²) in [6.07, 6.45) is 3.11. The van der Waals surface area contributed by atoms with Crippen molar-refractivity contribution in [3.8, 4) is 0 Å². The predicted molar refractivity (Wildman–Crippen MR) is 76.2 cm³/mol. The van der Waals surface area contributed by atoms with Gasteiger partial charge in [0.05, 0.1) is 0 Å². The number of rotatable bonds is 3. The second-order valence-corrected chi connectivity index (χ2v) is 5.55. The van der Waals surface area contributed by atoms with E-state index in [1.54, 1.807) is 0 Å². The number of nitrogens with two attached hydrogens (primary N) is 1. The Morgan fingerprint density at radius 3 is 2.53 bits per heavy atom. The molecular weight excluding hydrogens is 238 g/mol. The van der Waals surface area contributed by atoms with Crippen molar-refractivity contribution in [2.45, 2.75) is 31.2 Å². The smallest absolute Gasteiger partial charge is 0.240 e. The Kier molecular flexibility index (Phi) is 3.42. The van der Waals surface area contributed by atoms with Crippen molar-refractivity contribution in [1.82, 2.24) is 5.32 Å². The van der Waals surface area contributed by atoms with Crippen LogP contribution in [0, 0.1) is 0 Å². The molecule has 102 valence electrons. The molecule has 19 heavy (non-hydrogen) atoms. The molecular formula is C15H21N3O. The fraction of sp³-hybridized carbons (Fsp3) is 0.533. The molecule has 1 atom stereocenters. The maximum atomic E-state index is 11.5. The molecule has 1 aromatic rings. The van der Waals surface area contributed by atoms with Gasteiger partial charge >= 0.3 is 0 Å². The third kappa shape index (κ3) is 2.45. The van der Waals surface area contributed by atoms with E-state index in [0.29, 0.717) is 5.92 Å². The Bertz CT molecular complexity index is 453. The van der Waals surface area contributed by atoms with Crippen molar-refractivity contribution >= 4 is 11.6 Å². The summed E-state index contributed by atoms with van der Waals surface area (Å²) >= 11 is 0. The summed E-state index contributed by atoms with van der Waals surface area (Å²) in [4.78, 5) is 13.7. The molecule has 2 aliphatic rings. The number of benzene rings is 1. The SMILES string of the molecule is NC(=O)C1CCCCN1c1ccc(C2CNC2)cc1. The molecule has 0 saturated carbocycles. The highest BCUT2D eigenvalue weighted by Crippen LogP contribution is 2.27. The number of hydrogen-bond donors (Lipinski definition) is 2. The van der Waals surface area contributed by atoms with Crippen molar-refractivity contribution < 1.29 is 4.79 Å². The van der Waals surface area contributed by atoms with Gasteiger partial charge < -0.3 is 16.0 Å². The first-order chi connectivity index (χ1) is 9.25. The van der Waals surface area contributed by atoms with Crippen LogP contribution in [-0.4, -0.2) is 31.6 Å². The molecule has 0 radical (unpaired) electrons. The van der Waals surface area contributed by atoms with Gasteiger partial charge in [-0.15, -0.1) is 0 Å². The number of hydrogen-bond acceptors (Lipinski definition) is 3. The van der Waals surface area contributed by atoms with Gasteiger partial charge in [-0.2, -0.15) is 0 Å². The lowest BCUT2D eigenvalue weighted by Crippen LogP contribution is -2.47. The molecule has 2 heterocycles. The first kappa shape index (κ1) is 12.5. The molecule has 1 unspecified atom stereocenters. The van der Waals surface area contributed by atoms with Crippen LogP contribution >= 0.6 is 0 Å². The van der Waals surface area contributed by atoms with Gasteiger partial charge in [-0.25, -0.2) is 0 Å². The van der Waals surface area contributed by atoms with Crippen LogP contribution in [0.1, 0.15) is 30.7 Å². The zero-order chi connectivity index (χ0) is 13.2. The molecule has 3 rings (SSSR count). The van der Waals surface area contributed by atoms with Crippen molar-refractivity contribution in [2.24, 2.45) is 5.73 Å². The van der Waals surface area contributed by atoms with E-state index in [2.05, 4.69) is 34.5 Å². The maximum Gasteiger partial charge on any atom is 0.240 e. The average Bonchev–Trinajstić information content (AvgIpc) is 2.37. The van der Waals surface area contributed by atoms with Crippen LogP contribution < -0.4 is 16.0 Å². The van der Waals surface area contributed by atoms with E-state index in [9.17, 15) is 4.79 Å². The molecule has 4 heteroatoms. The first-order valence-corrected chi connectivity index (χ1v) is 7.12. The molecule has 0 aliphatic carbocycles. The molecule has 0 spiro atoms. The topological polar surface area (TPSA) is 58.4 Å². The van der Waals surface area contributed by atoms with E-state index in [0.717, 1.165) is 44.6 Å². The minimum Gasteiger partial charge on any atom is -0.368 e. The monoisotopic (exact) mass is 259 g/mol. The summed E-state index contributed by atoms with van der Waals surface area (Å²) < 4.78 is 0. The van der Waals surface area contributed by atoms with E-state index in [1.807, 2.05) is 0 Å². The summed E-state index contributed by atoms with van der Waals surface area (Å²) in [6.45, 7) is 3.08. The Morgan fingerprint density at radius 2 is 1.95 bits per heavy atom. The van der Waals surface area contributed by atoms with Crippen LogP contribution in [0.3, 0.4) is 0 Å². The molecule has 2 saturated heterocycles. The normalized spacial score (nSPS) is 24.0. The van der Waals surface area contributed by atoms with Gasteiger partial charge in [0.1, 0.15) is 6.04 Å². The fourth-order valence-electron chi connectivity index (χ4n) is 3.00. The highest BCUT2D eigenvalue weighted by Gasteiger charge is 2.27. The number of anilines is 1. The van der Waals surface area contributed by atoms with Crippen LogP contribution in [-0.2, 0) is 4.79 Å². The van der Waals surface area contributed by atoms with Crippen LogP contribution in [0.5, 0.6) is 0 Å². The minimum atomic E-state index is -0.202. The van der Waals surface area contributed by atoms with E-state index >= 15 is 0 Å². The lowest BCUT2D eigenvalue weighted by Gasteiger charge is -2.36. The predicted octanol–water partition coefficient (Wildman–Crippen LogP) is 1.22. The second-order valence-electron chi connectivity index (χ2n) is 5.55. The fourth-order valence-corrected chi connectivity index (χ4v) is 3.00. The molecule has 1 aromatic carbocycles. The standard InChI is InChI=1S/C15H21N3O/c16-15(19)14-3-1-2-8-18(14)13-6-4-11(5-7-13)12-9-17-10-12/h4-7,12,14,17H,1-3,8-10H2,(H2,16,19). The van der Waals surface area contributed by atoms with Crippen LogP contribution in [0.4, 0.5) is 5.69 Å². The molecule has 3 N–H and O–H groups in total. The Morgan fingerprint density at radius 1 is 1.21 bits per heavy atom. The molecule has 0 aromatic heterocycles. The number of amides is 1. The van der Waals surface area contributed by atoms with E-state index in [4.69, 9.17) is 5.73 Å². The van der Waals surface area contributed by atoms with Crippen LogP contribution in [0.2, 0.25) is 0 Å². The summed E-state index contributed by atoms with van der Waals surface area (Å²) in [7, 11) is 0. The summed E-state index contributed by atoms with van der Waals surface area (Å²) in [5, 5.41) is 3.29. The number of carbonyl (C=O) groups is 1. The van der Waals surface area contributed by atoms with Crippen molar-refractivity contribution in [1.29, 1.82) is 0 Å². The number of primary amides is 1. The number of carbonyl (C=O) groups excluding carboxylic acids is 1. The van der Waals surface area contributed by atoms with Gasteiger partial charge in [0, 0.05) is 31.2 Å². The van der Waals surface area contributed by atoms with Gasteiger partial charge in [0.25, 0.3) is 0 Å². The molecule has 2 aliphatic heterocycles. The largest absolute Gasteiger partial charge is 0.368 e. The lowest BCUT2D eigenvalue weighted by molar-refractivity contribution is -0.119. The lowest BCUT2D eigenvalue weighted by atomic mass is 9.93. The molecule has 4 nitrogen and oxygen atoms in total. The van der Waals surface area contributed by atoms with E-state index in [1.165, 1.54) is 5.56 Å². The Hall–Kier alpha value is -1.55. The zero-order valence-electron chi connectivity index (χ0n) is 11.1. The first-order valence-electron chi connectivity index (χ1n) is 7.12. The van der Waals surface area contributed by atoms with Gasteiger partial charge in [-0.1, -0.05) is 12.1 Å². The van der Waals surface area contributed by atoms with Crippen molar-refractivity contribution in [3.63, 3.8) is 0 Å². The quantitative estimate of drug-likeness (QED) is 0.858. The highest BCUT2D eigenvalue weighted by atomic mass is 16.1. The highest BCUT2D eigenvalue weighted by molar-refractivity contribution is 5.83. The number of piperidine rings is 1. The third-order valence-corrected chi connectivity index (χ3v) is 4.31. The minimum absolute atomic E-state index is 0.134. The second kappa shape index (κ2) is 5.21. The third-order valence-electron chi connectivity index (χ3n) is 4.31. The average molecular weight is 259 g/mol. The van der Waals surface area contributed by atoms with E-state index < -0.39 is 0 Å². The molecule has 1 amide bonds. The van der Waals surface area contributed by atoms with Gasteiger partial charge in [0.15, 0.2) is 0 Å². The van der Waals surface area contributed by atoms with Crippen LogP contribution in [0.25, 0.3) is 0 Å². The summed E-state index contributed by atoms with van der Waals surface area (Å²) in [5.41, 5.74) is 8.02. The van der Waals surface area contributed by atoms with Crippen molar-refractivity contribution in [3.05, 3.63) is 29.8 Å². The summed E-state index contributed by atoms with van der Waals surface area (Å²) in [6, 6.07) is 8.51. The molecule has 2 fully saturated rings.